The van der Waals surface area contributed by atoms with Crippen molar-refractivity contribution in [3.63, 3.8) is 0 Å². The zero-order chi connectivity index (χ0) is 31.0. The standard InChI is InChI=1S/C27H34N6O8S/c1-16-24(33(17(2)41-16)42(39,40)20-7-4-3-5-8-20)25(36)31-21(26(37)38)15-18-11-13-19(14-12-18)30-22(34)9-6-10-23(35)32-27(28)29/h3-5,7-8,11-14,16-17,21,24H,6,9-10,15H2,1-2H3,(H,30,34)(H,31,36)(H,37,38)(H4,28,29,32,35)/t16?,17?,21-,24-/m0/s1. The average molecular weight is 603 g/mol. The molecule has 4 atom stereocenters. The number of guanidine groups is 1. The van der Waals surface area contributed by atoms with Gasteiger partial charge in [0.2, 0.25) is 27.7 Å². The number of carboxylic acids is 1. The van der Waals surface area contributed by atoms with Crippen LogP contribution in [0.5, 0.6) is 0 Å². The SMILES string of the molecule is CC1OC(C)N(S(=O)(=O)c2ccccc2)[C@@H]1C(=O)N[C@@H](Cc1ccc(NC(=O)CCCC(=O)NC(=N)N)cc1)C(=O)O. The summed E-state index contributed by atoms with van der Waals surface area (Å²) in [4.78, 5) is 49.0. The summed E-state index contributed by atoms with van der Waals surface area (Å²) in [5.74, 6) is -3.39. The number of sulfonamides is 1. The first kappa shape index (κ1) is 32.2. The Kier molecular flexibility index (Phi) is 10.7. The van der Waals surface area contributed by atoms with E-state index in [1.54, 1.807) is 49.4 Å². The molecule has 1 fully saturated rings. The van der Waals surface area contributed by atoms with E-state index in [2.05, 4.69) is 16.0 Å². The molecule has 14 nitrogen and oxygen atoms in total. The van der Waals surface area contributed by atoms with Crippen molar-refractivity contribution < 1.29 is 37.4 Å². The number of benzene rings is 2. The van der Waals surface area contributed by atoms with Gasteiger partial charge in [0.05, 0.1) is 11.0 Å². The molecule has 0 aromatic heterocycles. The first-order chi connectivity index (χ1) is 19.8. The molecule has 3 amide bonds. The van der Waals surface area contributed by atoms with Crippen LogP contribution in [-0.4, -0.2) is 71.9 Å². The fraction of sp³-hybridized carbons (Fsp3) is 0.370. The molecule has 2 aromatic carbocycles. The molecule has 1 heterocycles. The van der Waals surface area contributed by atoms with Gasteiger partial charge in [-0.05, 0) is 50.1 Å². The summed E-state index contributed by atoms with van der Waals surface area (Å²) in [5.41, 5.74) is 6.07. The molecule has 42 heavy (non-hydrogen) atoms. The number of hydrogen-bond acceptors (Lipinski definition) is 8. The first-order valence-corrected chi connectivity index (χ1v) is 14.5. The fourth-order valence-corrected chi connectivity index (χ4v) is 6.28. The molecule has 1 aliphatic rings. The highest BCUT2D eigenvalue weighted by molar-refractivity contribution is 7.89. The van der Waals surface area contributed by atoms with E-state index in [1.165, 1.54) is 19.1 Å². The van der Waals surface area contributed by atoms with Crippen LogP contribution >= 0.6 is 0 Å². The van der Waals surface area contributed by atoms with Crippen molar-refractivity contribution in [2.24, 2.45) is 5.73 Å². The maximum absolute atomic E-state index is 13.3. The Labute approximate surface area is 243 Å². The van der Waals surface area contributed by atoms with Gasteiger partial charge < -0.3 is 26.2 Å². The Bertz CT molecular complexity index is 1420. The summed E-state index contributed by atoms with van der Waals surface area (Å²) in [5, 5.41) is 24.1. The molecule has 2 unspecified atom stereocenters. The predicted octanol–water partition coefficient (Wildman–Crippen LogP) is 0.741. The number of carboxylic acid groups (broad SMARTS) is 1. The lowest BCUT2D eigenvalue weighted by Gasteiger charge is -2.27. The van der Waals surface area contributed by atoms with Crippen LogP contribution in [0.3, 0.4) is 0 Å². The van der Waals surface area contributed by atoms with Gasteiger partial charge in [-0.15, -0.1) is 0 Å². The van der Waals surface area contributed by atoms with Crippen molar-refractivity contribution in [3.05, 3.63) is 60.2 Å². The topological polar surface area (TPSA) is 221 Å². The summed E-state index contributed by atoms with van der Waals surface area (Å²) in [6, 6.07) is 11.2. The molecule has 7 N–H and O–H groups in total. The normalized spacial score (nSPS) is 19.4. The lowest BCUT2D eigenvalue weighted by atomic mass is 10.0. The third-order valence-corrected chi connectivity index (χ3v) is 8.40. The van der Waals surface area contributed by atoms with Crippen LogP contribution in [0.1, 0.15) is 38.7 Å². The predicted molar refractivity (Wildman–Crippen MR) is 152 cm³/mol. The number of hydrogen-bond donors (Lipinski definition) is 6. The molecule has 0 aliphatic carbocycles. The highest BCUT2D eigenvalue weighted by Crippen LogP contribution is 2.30. The molecular formula is C27H34N6O8S. The van der Waals surface area contributed by atoms with Gasteiger partial charge in [0.1, 0.15) is 18.3 Å². The van der Waals surface area contributed by atoms with Crippen LogP contribution in [0.15, 0.2) is 59.5 Å². The van der Waals surface area contributed by atoms with E-state index < -0.39 is 58.2 Å². The summed E-state index contributed by atoms with van der Waals surface area (Å²) in [6.07, 6.45) is -1.57. The minimum absolute atomic E-state index is 0.0206. The van der Waals surface area contributed by atoms with Crippen molar-refractivity contribution in [1.82, 2.24) is 14.9 Å². The highest BCUT2D eigenvalue weighted by atomic mass is 32.2. The van der Waals surface area contributed by atoms with Crippen molar-refractivity contribution >= 4 is 45.4 Å². The highest BCUT2D eigenvalue weighted by Gasteiger charge is 2.49. The van der Waals surface area contributed by atoms with Gasteiger partial charge in [-0.25, -0.2) is 13.2 Å². The molecule has 226 valence electrons. The number of carbonyl (C=O) groups excluding carboxylic acids is 3. The number of aliphatic carboxylic acids is 1. The average Bonchev–Trinajstić information content (AvgIpc) is 3.23. The number of carbonyl (C=O) groups is 4. The molecule has 15 heteroatoms. The van der Waals surface area contributed by atoms with Crippen LogP contribution in [0.2, 0.25) is 0 Å². The second-order valence-corrected chi connectivity index (χ2v) is 11.5. The molecule has 0 spiro atoms. The number of nitrogens with two attached hydrogens (primary N) is 1. The first-order valence-electron chi connectivity index (χ1n) is 13.1. The molecular weight excluding hydrogens is 568 g/mol. The number of nitrogens with zero attached hydrogens (tertiary/aromatic N) is 1. The Morgan fingerprint density at radius 3 is 2.24 bits per heavy atom. The molecule has 0 saturated carbocycles. The van der Waals surface area contributed by atoms with E-state index in [4.69, 9.17) is 15.9 Å². The quantitative estimate of drug-likeness (QED) is 0.149. The van der Waals surface area contributed by atoms with E-state index in [1.807, 2.05) is 0 Å². The van der Waals surface area contributed by atoms with E-state index in [9.17, 15) is 32.7 Å². The third-order valence-electron chi connectivity index (χ3n) is 6.45. The van der Waals surface area contributed by atoms with Gasteiger partial charge in [-0.1, -0.05) is 30.3 Å². The Hall–Kier alpha value is -4.34. The number of ether oxygens (including phenoxy) is 1. The lowest BCUT2D eigenvalue weighted by Crippen LogP contribution is -2.54. The van der Waals surface area contributed by atoms with Gasteiger partial charge in [-0.3, -0.25) is 25.1 Å². The third kappa shape index (κ3) is 8.34. The molecule has 3 rings (SSSR count). The molecule has 0 radical (unpaired) electrons. The molecule has 1 aliphatic heterocycles. The lowest BCUT2D eigenvalue weighted by molar-refractivity contribution is -0.142. The van der Waals surface area contributed by atoms with Crippen LogP contribution in [0.25, 0.3) is 0 Å². The second kappa shape index (κ2) is 14.0. The summed E-state index contributed by atoms with van der Waals surface area (Å²) < 4.78 is 33.3. The Balaban J connectivity index is 1.62. The Morgan fingerprint density at radius 1 is 1.02 bits per heavy atom. The largest absolute Gasteiger partial charge is 0.480 e. The summed E-state index contributed by atoms with van der Waals surface area (Å²) in [7, 11) is -4.13. The number of anilines is 1. The van der Waals surface area contributed by atoms with Crippen LogP contribution in [-0.2, 0) is 40.4 Å². The van der Waals surface area contributed by atoms with Gasteiger partial charge >= 0.3 is 5.97 Å². The van der Waals surface area contributed by atoms with Crippen LogP contribution in [0, 0.1) is 5.41 Å². The van der Waals surface area contributed by atoms with Gasteiger partial charge in [-0.2, -0.15) is 4.31 Å². The zero-order valence-corrected chi connectivity index (χ0v) is 23.9. The van der Waals surface area contributed by atoms with Gasteiger partial charge in [0, 0.05) is 24.9 Å². The Morgan fingerprint density at radius 2 is 1.64 bits per heavy atom. The minimum atomic E-state index is -4.13. The van der Waals surface area contributed by atoms with Gasteiger partial charge in [0.25, 0.3) is 0 Å². The monoisotopic (exact) mass is 602 g/mol. The van der Waals surface area contributed by atoms with Crippen molar-refractivity contribution in [3.8, 4) is 0 Å². The molecule has 1 saturated heterocycles. The van der Waals surface area contributed by atoms with E-state index in [0.717, 1.165) is 4.31 Å². The molecule has 0 bridgehead atoms. The number of rotatable bonds is 12. The van der Waals surface area contributed by atoms with Crippen molar-refractivity contribution in [2.75, 3.05) is 5.32 Å². The number of nitrogens with one attached hydrogen (secondary N) is 4. The minimum Gasteiger partial charge on any atom is -0.480 e. The van der Waals surface area contributed by atoms with E-state index in [-0.39, 0.29) is 36.5 Å². The van der Waals surface area contributed by atoms with E-state index in [0.29, 0.717) is 11.3 Å². The smallest absolute Gasteiger partial charge is 0.326 e. The second-order valence-electron chi connectivity index (χ2n) is 9.70. The van der Waals surface area contributed by atoms with Crippen LogP contribution in [0.4, 0.5) is 5.69 Å². The van der Waals surface area contributed by atoms with Crippen LogP contribution < -0.4 is 21.7 Å². The van der Waals surface area contributed by atoms with E-state index >= 15 is 0 Å². The summed E-state index contributed by atoms with van der Waals surface area (Å²) in [6.45, 7) is 3.05. The number of amides is 3. The summed E-state index contributed by atoms with van der Waals surface area (Å²) >= 11 is 0. The van der Waals surface area contributed by atoms with Crippen molar-refractivity contribution in [2.45, 2.75) is 68.8 Å². The molecule has 2 aromatic rings. The maximum Gasteiger partial charge on any atom is 0.326 e. The fourth-order valence-electron chi connectivity index (χ4n) is 4.53. The van der Waals surface area contributed by atoms with Gasteiger partial charge in [0.15, 0.2) is 5.96 Å². The van der Waals surface area contributed by atoms with Crippen molar-refractivity contribution in [1.29, 1.82) is 5.41 Å². The zero-order valence-electron chi connectivity index (χ0n) is 23.1. The maximum atomic E-state index is 13.3.